The average molecular weight is 232 g/mol. The normalized spacial score (nSPS) is 17.9. The van der Waals surface area contributed by atoms with E-state index in [9.17, 15) is 0 Å². The van der Waals surface area contributed by atoms with Crippen LogP contribution in [0.4, 0.5) is 5.69 Å². The molecule has 1 aliphatic rings. The lowest BCUT2D eigenvalue weighted by Crippen LogP contribution is -2.44. The summed E-state index contributed by atoms with van der Waals surface area (Å²) >= 11 is 0. The molecule has 0 aromatic carbocycles. The standard InChI is InChI=1S/C11H16N6/c1-9-7-10(11-13-12-8-17(11)14-9)16-5-3-15(2)4-6-16/h7-8H,3-6H2,1-2H3. The van der Waals surface area contributed by atoms with Gasteiger partial charge in [-0.3, -0.25) is 0 Å². The van der Waals surface area contributed by atoms with Crippen LogP contribution >= 0.6 is 0 Å². The molecule has 90 valence electrons. The van der Waals surface area contributed by atoms with Crippen molar-refractivity contribution >= 4 is 11.3 Å². The van der Waals surface area contributed by atoms with Gasteiger partial charge >= 0.3 is 0 Å². The van der Waals surface area contributed by atoms with E-state index in [0.29, 0.717) is 0 Å². The Balaban J connectivity index is 2.01. The van der Waals surface area contributed by atoms with Crippen molar-refractivity contribution in [2.24, 2.45) is 0 Å². The molecule has 0 amide bonds. The molecule has 6 heteroatoms. The van der Waals surface area contributed by atoms with Crippen molar-refractivity contribution in [3.05, 3.63) is 18.1 Å². The first kappa shape index (κ1) is 10.5. The number of fused-ring (bicyclic) bond motifs is 1. The van der Waals surface area contributed by atoms with Crippen molar-refractivity contribution in [3.8, 4) is 0 Å². The molecule has 1 saturated heterocycles. The summed E-state index contributed by atoms with van der Waals surface area (Å²) in [6.07, 6.45) is 1.65. The topological polar surface area (TPSA) is 49.6 Å². The summed E-state index contributed by atoms with van der Waals surface area (Å²) in [4.78, 5) is 4.70. The Labute approximate surface area is 99.8 Å². The second kappa shape index (κ2) is 3.96. The smallest absolute Gasteiger partial charge is 0.200 e. The number of nitrogens with zero attached hydrogens (tertiary/aromatic N) is 6. The molecule has 0 saturated carbocycles. The molecule has 1 aliphatic heterocycles. The maximum absolute atomic E-state index is 4.36. The number of aromatic nitrogens is 4. The zero-order valence-electron chi connectivity index (χ0n) is 10.2. The molecule has 0 spiro atoms. The molecule has 0 aliphatic carbocycles. The van der Waals surface area contributed by atoms with Gasteiger partial charge in [-0.05, 0) is 20.0 Å². The Bertz CT molecular complexity index is 526. The first-order chi connectivity index (χ1) is 8.24. The lowest BCUT2D eigenvalue weighted by molar-refractivity contribution is 0.313. The van der Waals surface area contributed by atoms with Gasteiger partial charge in [-0.25, -0.2) is 0 Å². The van der Waals surface area contributed by atoms with Gasteiger partial charge in [0.2, 0.25) is 5.65 Å². The Morgan fingerprint density at radius 1 is 1.18 bits per heavy atom. The van der Waals surface area contributed by atoms with Crippen molar-refractivity contribution in [1.82, 2.24) is 24.7 Å². The van der Waals surface area contributed by atoms with Gasteiger partial charge in [-0.1, -0.05) is 0 Å². The van der Waals surface area contributed by atoms with Gasteiger partial charge in [-0.2, -0.15) is 9.61 Å². The molecule has 3 rings (SSSR count). The third kappa shape index (κ3) is 1.84. The summed E-state index contributed by atoms with van der Waals surface area (Å²) in [7, 11) is 2.15. The summed E-state index contributed by atoms with van der Waals surface area (Å²) < 4.78 is 1.75. The molecule has 1 fully saturated rings. The Morgan fingerprint density at radius 2 is 1.94 bits per heavy atom. The largest absolute Gasteiger partial charge is 0.366 e. The summed E-state index contributed by atoms with van der Waals surface area (Å²) in [5, 5.41) is 12.4. The molecule has 0 bridgehead atoms. The third-order valence-electron chi connectivity index (χ3n) is 3.21. The fourth-order valence-corrected chi connectivity index (χ4v) is 2.21. The van der Waals surface area contributed by atoms with Gasteiger partial charge in [0.05, 0.1) is 11.4 Å². The Morgan fingerprint density at radius 3 is 2.71 bits per heavy atom. The third-order valence-corrected chi connectivity index (χ3v) is 3.21. The Hall–Kier alpha value is -1.69. The molecule has 0 unspecified atom stereocenters. The summed E-state index contributed by atoms with van der Waals surface area (Å²) in [6.45, 7) is 6.23. The van der Waals surface area contributed by atoms with E-state index < -0.39 is 0 Å². The van der Waals surface area contributed by atoms with Gasteiger partial charge in [0.25, 0.3) is 0 Å². The van der Waals surface area contributed by atoms with Crippen molar-refractivity contribution in [3.63, 3.8) is 0 Å². The van der Waals surface area contributed by atoms with Gasteiger partial charge in [0.15, 0.2) is 0 Å². The predicted octanol–water partition coefficient (Wildman–Crippen LogP) is 0.185. The molecule has 2 aromatic rings. The van der Waals surface area contributed by atoms with E-state index in [-0.39, 0.29) is 0 Å². The maximum atomic E-state index is 4.36. The highest BCUT2D eigenvalue weighted by Gasteiger charge is 2.18. The Kier molecular flexibility index (Phi) is 2.44. The molecule has 17 heavy (non-hydrogen) atoms. The number of anilines is 1. The molecule has 0 atom stereocenters. The minimum absolute atomic E-state index is 0.847. The van der Waals surface area contributed by atoms with Crippen LogP contribution in [-0.4, -0.2) is 57.9 Å². The van der Waals surface area contributed by atoms with E-state index in [1.807, 2.05) is 6.92 Å². The second-order valence-electron chi connectivity index (χ2n) is 4.56. The highest BCUT2D eigenvalue weighted by atomic mass is 15.4. The van der Waals surface area contributed by atoms with Crippen molar-refractivity contribution in [2.45, 2.75) is 6.92 Å². The lowest BCUT2D eigenvalue weighted by Gasteiger charge is -2.33. The van der Waals surface area contributed by atoms with Gasteiger partial charge < -0.3 is 9.80 Å². The highest BCUT2D eigenvalue weighted by molar-refractivity contribution is 5.68. The van der Waals surface area contributed by atoms with Crippen molar-refractivity contribution < 1.29 is 0 Å². The van der Waals surface area contributed by atoms with Crippen LogP contribution < -0.4 is 4.90 Å². The van der Waals surface area contributed by atoms with E-state index in [0.717, 1.165) is 43.2 Å². The number of piperazine rings is 1. The monoisotopic (exact) mass is 232 g/mol. The van der Waals surface area contributed by atoms with Gasteiger partial charge in [-0.15, -0.1) is 10.2 Å². The van der Waals surface area contributed by atoms with Crippen LogP contribution in [-0.2, 0) is 0 Å². The van der Waals surface area contributed by atoms with Crippen LogP contribution in [0.3, 0.4) is 0 Å². The van der Waals surface area contributed by atoms with Crippen molar-refractivity contribution in [2.75, 3.05) is 38.1 Å². The van der Waals surface area contributed by atoms with Gasteiger partial charge in [0, 0.05) is 26.2 Å². The molecular formula is C11H16N6. The van der Waals surface area contributed by atoms with Crippen LogP contribution in [0.2, 0.25) is 0 Å². The molecular weight excluding hydrogens is 216 g/mol. The number of rotatable bonds is 1. The van der Waals surface area contributed by atoms with Crippen LogP contribution in [0.5, 0.6) is 0 Å². The highest BCUT2D eigenvalue weighted by Crippen LogP contribution is 2.21. The second-order valence-corrected chi connectivity index (χ2v) is 4.56. The van der Waals surface area contributed by atoms with E-state index in [1.165, 1.54) is 0 Å². The van der Waals surface area contributed by atoms with Crippen molar-refractivity contribution in [1.29, 1.82) is 0 Å². The van der Waals surface area contributed by atoms with Gasteiger partial charge in [0.1, 0.15) is 6.33 Å². The first-order valence-electron chi connectivity index (χ1n) is 5.85. The van der Waals surface area contributed by atoms with Crippen LogP contribution in [0.25, 0.3) is 5.65 Å². The van der Waals surface area contributed by atoms with E-state index in [2.05, 4.69) is 38.2 Å². The fraction of sp³-hybridized carbons (Fsp3) is 0.545. The number of hydrogen-bond acceptors (Lipinski definition) is 5. The SMILES string of the molecule is Cc1cc(N2CCN(C)CC2)c2nncn2n1. The lowest BCUT2D eigenvalue weighted by atomic mass is 10.2. The number of aryl methyl sites for hydroxylation is 1. The molecule has 0 radical (unpaired) electrons. The zero-order chi connectivity index (χ0) is 11.8. The van der Waals surface area contributed by atoms with E-state index in [1.54, 1.807) is 10.8 Å². The summed E-state index contributed by atoms with van der Waals surface area (Å²) in [6, 6.07) is 2.09. The minimum Gasteiger partial charge on any atom is -0.366 e. The fourth-order valence-electron chi connectivity index (χ4n) is 2.21. The van der Waals surface area contributed by atoms with Crippen LogP contribution in [0.15, 0.2) is 12.4 Å². The molecule has 6 nitrogen and oxygen atoms in total. The zero-order valence-corrected chi connectivity index (χ0v) is 10.2. The molecule has 0 N–H and O–H groups in total. The number of hydrogen-bond donors (Lipinski definition) is 0. The summed E-state index contributed by atoms with van der Waals surface area (Å²) in [5.74, 6) is 0. The predicted molar refractivity (Wildman–Crippen MR) is 65.2 cm³/mol. The average Bonchev–Trinajstić information content (AvgIpc) is 2.77. The maximum Gasteiger partial charge on any atom is 0.200 e. The quantitative estimate of drug-likeness (QED) is 0.702. The molecule has 3 heterocycles. The van der Waals surface area contributed by atoms with E-state index in [4.69, 9.17) is 0 Å². The molecule has 2 aromatic heterocycles. The van der Waals surface area contributed by atoms with Crippen LogP contribution in [0, 0.1) is 6.92 Å². The van der Waals surface area contributed by atoms with E-state index >= 15 is 0 Å². The van der Waals surface area contributed by atoms with Crippen LogP contribution in [0.1, 0.15) is 5.69 Å². The minimum atomic E-state index is 0.847. The first-order valence-corrected chi connectivity index (χ1v) is 5.85. The summed E-state index contributed by atoms with van der Waals surface area (Å²) in [5.41, 5.74) is 2.98. The number of likely N-dealkylation sites (N-methyl/N-ethyl adjacent to an activating group) is 1.